The van der Waals surface area contributed by atoms with Gasteiger partial charge in [-0.2, -0.15) is 4.98 Å². The van der Waals surface area contributed by atoms with Crippen LogP contribution in [-0.2, 0) is 9.59 Å². The van der Waals surface area contributed by atoms with Crippen LogP contribution in [0.15, 0.2) is 35.8 Å². The minimum atomic E-state index is -0.966. The number of anilines is 3. The van der Waals surface area contributed by atoms with E-state index in [1.54, 1.807) is 17.2 Å². The molecule has 2 unspecified atom stereocenters. The van der Waals surface area contributed by atoms with E-state index in [0.717, 1.165) is 6.07 Å². The molecule has 2 aliphatic rings. The van der Waals surface area contributed by atoms with Crippen molar-refractivity contribution in [2.75, 3.05) is 29.0 Å². The number of pyridine rings is 2. The fraction of sp³-hybridized carbons (Fsp3) is 0.290. The molecule has 2 aliphatic heterocycles. The number of benzene rings is 1. The number of fused-ring (bicyclic) bond motifs is 2. The average molecular weight is 686 g/mol. The highest BCUT2D eigenvalue weighted by Gasteiger charge is 2.43. The van der Waals surface area contributed by atoms with Gasteiger partial charge in [0.25, 0.3) is 0 Å². The van der Waals surface area contributed by atoms with Crippen molar-refractivity contribution in [2.24, 2.45) is 0 Å². The second kappa shape index (κ2) is 11.5. The van der Waals surface area contributed by atoms with E-state index in [1.165, 1.54) is 15.5 Å². The number of nitrogen functional groups attached to an aromatic ring is 1. The number of nitrogens with zero attached hydrogens (tertiary/aromatic N) is 6. The Morgan fingerprint density at radius 1 is 1.20 bits per heavy atom. The van der Waals surface area contributed by atoms with E-state index >= 15 is 4.39 Å². The third-order valence-corrected chi connectivity index (χ3v) is 9.29. The van der Waals surface area contributed by atoms with Gasteiger partial charge in [-0.3, -0.25) is 14.6 Å². The molecule has 1 saturated heterocycles. The van der Waals surface area contributed by atoms with Gasteiger partial charge in [-0.15, -0.1) is 0 Å². The summed E-state index contributed by atoms with van der Waals surface area (Å²) in [6.45, 7) is 11.2. The van der Waals surface area contributed by atoms with Crippen molar-refractivity contribution in [1.29, 1.82) is 0 Å². The van der Waals surface area contributed by atoms with Crippen LogP contribution in [0, 0.1) is 12.7 Å². The van der Waals surface area contributed by atoms with Crippen molar-refractivity contribution in [3.05, 3.63) is 73.6 Å². The standard InChI is InChI=1S/C31H28Cl3FN8O3/c1-6-18(44)41-11-17-30(45)39-26-20-28(42(17)10-14(41)5)40-31(46)43(27-13(4)7-8-37-24(27)12(2)3)29(20)38-25(21(26)34)19-22(35)15(32)9-16(33)23(19)36/h6-9,12,14,17H,1,10-11,36H2,2-5H3,(H,39,45). The number of nitrogens with two attached hydrogens (primary N) is 1. The molecule has 2 amide bonds. The number of carbonyl (C=O) groups excluding carboxylic acids is 2. The molecule has 4 aromatic rings. The summed E-state index contributed by atoms with van der Waals surface area (Å²) < 4.78 is 17.1. The van der Waals surface area contributed by atoms with Crippen LogP contribution in [-0.4, -0.2) is 61.4 Å². The van der Waals surface area contributed by atoms with E-state index in [-0.39, 0.29) is 85.5 Å². The predicted octanol–water partition coefficient (Wildman–Crippen LogP) is 5.50. The summed E-state index contributed by atoms with van der Waals surface area (Å²) in [7, 11) is 0. The van der Waals surface area contributed by atoms with Gasteiger partial charge >= 0.3 is 5.69 Å². The molecule has 46 heavy (non-hydrogen) atoms. The van der Waals surface area contributed by atoms with E-state index in [0.29, 0.717) is 16.9 Å². The normalized spacial score (nSPS) is 17.6. The van der Waals surface area contributed by atoms with E-state index in [1.807, 2.05) is 27.7 Å². The van der Waals surface area contributed by atoms with Crippen LogP contribution in [0.1, 0.15) is 37.9 Å². The molecule has 3 N–H and O–H groups in total. The lowest BCUT2D eigenvalue weighted by atomic mass is 10.0. The molecule has 5 heterocycles. The summed E-state index contributed by atoms with van der Waals surface area (Å²) in [4.78, 5) is 57.9. The van der Waals surface area contributed by atoms with Crippen LogP contribution < -0.4 is 21.6 Å². The quantitative estimate of drug-likeness (QED) is 0.163. The van der Waals surface area contributed by atoms with Crippen molar-refractivity contribution >= 4 is 74.8 Å². The SMILES string of the molecule is C=CC(=O)N1CC2C(=O)Nc3c(Cl)c(-c4c(N)c(Cl)cc(Cl)c4F)nc4c3c(nc(=O)n4-c3c(C)ccnc3C(C)C)N2CC1C. The molecular weight excluding hydrogens is 658 g/mol. The van der Waals surface area contributed by atoms with Crippen molar-refractivity contribution in [2.45, 2.75) is 45.7 Å². The molecule has 11 nitrogen and oxygen atoms in total. The Balaban J connectivity index is 1.77. The third-order valence-electron chi connectivity index (χ3n) is 8.34. The summed E-state index contributed by atoms with van der Waals surface area (Å²) >= 11 is 19.5. The molecule has 0 radical (unpaired) electrons. The predicted molar refractivity (Wildman–Crippen MR) is 178 cm³/mol. The number of hydrogen-bond acceptors (Lipinski definition) is 8. The number of nitrogens with one attached hydrogen (secondary N) is 1. The molecule has 3 aromatic heterocycles. The monoisotopic (exact) mass is 684 g/mol. The van der Waals surface area contributed by atoms with Crippen LogP contribution in [0.5, 0.6) is 0 Å². The summed E-state index contributed by atoms with van der Waals surface area (Å²) in [6, 6.07) is 1.55. The highest BCUT2D eigenvalue weighted by Crippen LogP contribution is 2.47. The second-order valence-corrected chi connectivity index (χ2v) is 12.8. The molecular formula is C31H28Cl3FN8O3. The number of amides is 2. The van der Waals surface area contributed by atoms with Crippen LogP contribution in [0.3, 0.4) is 0 Å². The summed E-state index contributed by atoms with van der Waals surface area (Å²) in [5.74, 6) is -1.84. The lowest BCUT2D eigenvalue weighted by Gasteiger charge is -2.44. The zero-order valence-corrected chi connectivity index (χ0v) is 27.4. The zero-order valence-electron chi connectivity index (χ0n) is 25.2. The van der Waals surface area contributed by atoms with Gasteiger partial charge in [0.05, 0.1) is 61.0 Å². The largest absolute Gasteiger partial charge is 0.397 e. The minimum absolute atomic E-state index is 0.00972. The van der Waals surface area contributed by atoms with E-state index in [4.69, 9.17) is 45.5 Å². The van der Waals surface area contributed by atoms with Crippen molar-refractivity contribution in [3.63, 3.8) is 0 Å². The topological polar surface area (TPSA) is 139 Å². The first-order chi connectivity index (χ1) is 21.8. The Morgan fingerprint density at radius 2 is 1.91 bits per heavy atom. The average Bonchev–Trinajstić information content (AvgIpc) is 3.12. The fourth-order valence-electron chi connectivity index (χ4n) is 6.09. The lowest BCUT2D eigenvalue weighted by Crippen LogP contribution is -2.62. The Hall–Kier alpha value is -4.26. The molecule has 0 saturated carbocycles. The zero-order chi connectivity index (χ0) is 33.4. The van der Waals surface area contributed by atoms with E-state index in [2.05, 4.69) is 21.9 Å². The van der Waals surface area contributed by atoms with Gasteiger partial charge in [-0.05, 0) is 43.5 Å². The first-order valence-corrected chi connectivity index (χ1v) is 15.5. The summed E-state index contributed by atoms with van der Waals surface area (Å²) in [5, 5.41) is 2.52. The van der Waals surface area contributed by atoms with Gasteiger partial charge in [0.1, 0.15) is 11.9 Å². The maximum absolute atomic E-state index is 15.8. The van der Waals surface area contributed by atoms with Gasteiger partial charge in [-0.25, -0.2) is 18.7 Å². The summed E-state index contributed by atoms with van der Waals surface area (Å²) in [5.41, 5.74) is 6.55. The maximum Gasteiger partial charge on any atom is 0.355 e. The minimum Gasteiger partial charge on any atom is -0.397 e. The van der Waals surface area contributed by atoms with Crippen molar-refractivity contribution in [1.82, 2.24) is 24.4 Å². The molecule has 0 spiro atoms. The molecule has 2 atom stereocenters. The van der Waals surface area contributed by atoms with Gasteiger partial charge in [0, 0.05) is 18.8 Å². The van der Waals surface area contributed by atoms with E-state index in [9.17, 15) is 14.4 Å². The lowest BCUT2D eigenvalue weighted by molar-refractivity contribution is -0.130. The third kappa shape index (κ3) is 4.78. The van der Waals surface area contributed by atoms with Crippen LogP contribution in [0.4, 0.5) is 21.6 Å². The molecule has 6 rings (SSSR count). The Morgan fingerprint density at radius 3 is 2.59 bits per heavy atom. The molecule has 1 fully saturated rings. The Bertz CT molecular complexity index is 2040. The van der Waals surface area contributed by atoms with Crippen LogP contribution >= 0.6 is 34.8 Å². The maximum atomic E-state index is 15.8. The van der Waals surface area contributed by atoms with Crippen molar-refractivity contribution < 1.29 is 14.0 Å². The fourth-order valence-corrected chi connectivity index (χ4v) is 6.84. The number of hydrogen-bond donors (Lipinski definition) is 2. The Kier molecular flexibility index (Phi) is 7.94. The number of aromatic nitrogens is 4. The summed E-state index contributed by atoms with van der Waals surface area (Å²) in [6.07, 6.45) is 2.82. The molecule has 238 valence electrons. The van der Waals surface area contributed by atoms with Gasteiger partial charge in [-0.1, -0.05) is 55.2 Å². The van der Waals surface area contributed by atoms with Gasteiger partial charge in [0.15, 0.2) is 11.5 Å². The molecule has 15 heteroatoms. The second-order valence-electron chi connectivity index (χ2n) is 11.6. The first-order valence-electron chi connectivity index (χ1n) is 14.3. The number of carbonyl (C=O) groups is 2. The first kappa shape index (κ1) is 31.7. The molecule has 1 aromatic carbocycles. The highest BCUT2D eigenvalue weighted by molar-refractivity contribution is 6.40. The molecule has 0 aliphatic carbocycles. The molecule has 0 bridgehead atoms. The smallest absolute Gasteiger partial charge is 0.355 e. The van der Waals surface area contributed by atoms with Gasteiger partial charge in [0.2, 0.25) is 11.8 Å². The van der Waals surface area contributed by atoms with Crippen molar-refractivity contribution in [3.8, 4) is 16.9 Å². The van der Waals surface area contributed by atoms with Crippen LogP contribution in [0.25, 0.3) is 28.0 Å². The number of piperazine rings is 1. The van der Waals surface area contributed by atoms with E-state index < -0.39 is 23.5 Å². The Labute approximate surface area is 277 Å². The van der Waals surface area contributed by atoms with Gasteiger partial charge < -0.3 is 20.9 Å². The van der Waals surface area contributed by atoms with Crippen LogP contribution in [0.2, 0.25) is 15.1 Å². The number of halogens is 4. The number of rotatable bonds is 4. The number of aryl methyl sites for hydroxylation is 1. The highest BCUT2D eigenvalue weighted by atomic mass is 35.5.